The number of ether oxygens (including phenoxy) is 1. The van der Waals surface area contributed by atoms with Crippen LogP contribution in [-0.4, -0.2) is 11.9 Å². The molecule has 0 bridgehead atoms. The maximum absolute atomic E-state index is 5.16. The number of rotatable bonds is 6. The fourth-order valence-electron chi connectivity index (χ4n) is 2.14. The molecule has 1 nitrogen and oxygen atoms in total. The number of halogens is 1. The summed E-state index contributed by atoms with van der Waals surface area (Å²) in [7, 11) is 1.70. The minimum Gasteiger partial charge on any atom is -0.497 e. The first kappa shape index (κ1) is 14.6. The van der Waals surface area contributed by atoms with Crippen molar-refractivity contribution < 1.29 is 4.74 Å². The quantitative estimate of drug-likeness (QED) is 0.684. The van der Waals surface area contributed by atoms with Crippen LogP contribution in [0.5, 0.6) is 5.75 Å². The monoisotopic (exact) mass is 298 g/mol. The summed E-state index contributed by atoms with van der Waals surface area (Å²) in [6.07, 6.45) is 3.56. The van der Waals surface area contributed by atoms with Crippen molar-refractivity contribution in [2.24, 2.45) is 5.41 Å². The van der Waals surface area contributed by atoms with Gasteiger partial charge >= 0.3 is 0 Å². The lowest BCUT2D eigenvalue weighted by Gasteiger charge is -2.26. The molecule has 0 radical (unpaired) electrons. The number of methoxy groups -OCH3 is 1. The zero-order valence-electron chi connectivity index (χ0n) is 11.3. The molecule has 1 rings (SSSR count). The van der Waals surface area contributed by atoms with Crippen LogP contribution >= 0.6 is 15.9 Å². The normalized spacial score (nSPS) is 13.5. The van der Waals surface area contributed by atoms with Crippen molar-refractivity contribution in [3.63, 3.8) is 0 Å². The fourth-order valence-corrected chi connectivity index (χ4v) is 3.01. The molecule has 0 aliphatic rings. The molecule has 1 aromatic carbocycles. The average Bonchev–Trinajstić information content (AvgIpc) is 2.25. The summed E-state index contributed by atoms with van der Waals surface area (Å²) in [4.78, 5) is 0.591. The summed E-state index contributed by atoms with van der Waals surface area (Å²) in [6, 6.07) is 8.39. The van der Waals surface area contributed by atoms with Crippen LogP contribution in [0.4, 0.5) is 0 Å². The molecule has 0 aliphatic carbocycles. The van der Waals surface area contributed by atoms with E-state index in [0.29, 0.717) is 10.2 Å². The Morgan fingerprint density at radius 3 is 2.29 bits per heavy atom. The summed E-state index contributed by atoms with van der Waals surface area (Å²) in [5, 5.41) is 0. The van der Waals surface area contributed by atoms with Gasteiger partial charge in [-0.15, -0.1) is 0 Å². The van der Waals surface area contributed by atoms with Gasteiger partial charge in [-0.1, -0.05) is 48.8 Å². The van der Waals surface area contributed by atoms with E-state index in [1.54, 1.807) is 7.11 Å². The van der Waals surface area contributed by atoms with Crippen LogP contribution in [0.3, 0.4) is 0 Å². The van der Waals surface area contributed by atoms with Gasteiger partial charge in [0.15, 0.2) is 0 Å². The smallest absolute Gasteiger partial charge is 0.118 e. The molecule has 0 saturated carbocycles. The van der Waals surface area contributed by atoms with Crippen LogP contribution in [0.2, 0.25) is 0 Å². The van der Waals surface area contributed by atoms with Crippen LogP contribution in [-0.2, 0) is 6.42 Å². The van der Waals surface area contributed by atoms with Crippen LogP contribution in [0.25, 0.3) is 0 Å². The maximum Gasteiger partial charge on any atom is 0.118 e. The molecule has 0 saturated heterocycles. The largest absolute Gasteiger partial charge is 0.497 e. The minimum absolute atomic E-state index is 0.392. The molecular weight excluding hydrogens is 276 g/mol. The van der Waals surface area contributed by atoms with E-state index in [1.807, 2.05) is 12.1 Å². The first-order valence-electron chi connectivity index (χ1n) is 6.20. The predicted octanol–water partition coefficient (Wildman–Crippen LogP) is 4.83. The van der Waals surface area contributed by atoms with Gasteiger partial charge in [0.2, 0.25) is 0 Å². The molecule has 1 atom stereocenters. The first-order chi connectivity index (χ1) is 7.93. The van der Waals surface area contributed by atoms with Crippen molar-refractivity contribution >= 4 is 15.9 Å². The van der Waals surface area contributed by atoms with E-state index < -0.39 is 0 Å². The lowest BCUT2D eigenvalue weighted by Crippen LogP contribution is -2.16. The second-order valence-corrected chi connectivity index (χ2v) is 7.06. The van der Waals surface area contributed by atoms with Gasteiger partial charge in [-0.3, -0.25) is 0 Å². The van der Waals surface area contributed by atoms with Gasteiger partial charge in [-0.2, -0.15) is 0 Å². The number of aryl methyl sites for hydroxylation is 1. The molecule has 17 heavy (non-hydrogen) atoms. The van der Waals surface area contributed by atoms with Crippen molar-refractivity contribution in [1.29, 1.82) is 0 Å². The third-order valence-electron chi connectivity index (χ3n) is 3.08. The predicted molar refractivity (Wildman–Crippen MR) is 78.1 cm³/mol. The Balaban J connectivity index is 2.48. The van der Waals surface area contributed by atoms with Crippen LogP contribution in [0.15, 0.2) is 24.3 Å². The Morgan fingerprint density at radius 2 is 1.82 bits per heavy atom. The zero-order chi connectivity index (χ0) is 12.9. The molecular formula is C15H23BrO. The van der Waals surface area contributed by atoms with Crippen molar-refractivity contribution in [3.8, 4) is 5.75 Å². The highest BCUT2D eigenvalue weighted by Gasteiger charge is 2.19. The summed E-state index contributed by atoms with van der Waals surface area (Å²) in [5.41, 5.74) is 1.78. The molecule has 0 aliphatic heterocycles. The van der Waals surface area contributed by atoms with E-state index in [0.717, 1.165) is 12.2 Å². The summed E-state index contributed by atoms with van der Waals surface area (Å²) in [5.74, 6) is 0.932. The topological polar surface area (TPSA) is 9.23 Å². The highest BCUT2D eigenvalue weighted by atomic mass is 79.9. The molecule has 0 amide bonds. The minimum atomic E-state index is 0.392. The van der Waals surface area contributed by atoms with Gasteiger partial charge < -0.3 is 4.74 Å². The third kappa shape index (κ3) is 5.58. The number of hydrogen-bond acceptors (Lipinski definition) is 1. The number of alkyl halides is 1. The van der Waals surface area contributed by atoms with Crippen molar-refractivity contribution in [3.05, 3.63) is 29.8 Å². The molecule has 1 aromatic rings. The second kappa shape index (κ2) is 6.44. The summed E-state index contributed by atoms with van der Waals surface area (Å²) in [6.45, 7) is 6.90. The van der Waals surface area contributed by atoms with Crippen LogP contribution in [0, 0.1) is 5.41 Å². The van der Waals surface area contributed by atoms with Gasteiger partial charge in [0.1, 0.15) is 5.75 Å². The first-order valence-corrected chi connectivity index (χ1v) is 7.11. The number of hydrogen-bond donors (Lipinski definition) is 0. The molecule has 0 aromatic heterocycles. The maximum atomic E-state index is 5.16. The molecule has 0 fully saturated rings. The Morgan fingerprint density at radius 1 is 1.24 bits per heavy atom. The highest BCUT2D eigenvalue weighted by Crippen LogP contribution is 2.30. The standard InChI is InChI=1S/C15H23BrO/c1-12(16)11-15(2,3)10-9-13-5-7-14(17-4)8-6-13/h5-8,12H,9-11H2,1-4H3. The van der Waals surface area contributed by atoms with E-state index in [2.05, 4.69) is 48.8 Å². The Kier molecular flexibility index (Phi) is 5.51. The summed E-state index contributed by atoms with van der Waals surface area (Å²) >= 11 is 3.64. The second-order valence-electron chi connectivity index (χ2n) is 5.50. The lowest BCUT2D eigenvalue weighted by molar-refractivity contribution is 0.310. The van der Waals surface area contributed by atoms with Gasteiger partial charge in [-0.05, 0) is 42.4 Å². The van der Waals surface area contributed by atoms with E-state index in [4.69, 9.17) is 4.74 Å². The Hall–Kier alpha value is -0.500. The fraction of sp³-hybridized carbons (Fsp3) is 0.600. The van der Waals surface area contributed by atoms with Gasteiger partial charge in [-0.25, -0.2) is 0 Å². The van der Waals surface area contributed by atoms with Crippen molar-refractivity contribution in [2.75, 3.05) is 7.11 Å². The number of benzene rings is 1. The van der Waals surface area contributed by atoms with Crippen LogP contribution in [0.1, 0.15) is 39.2 Å². The lowest BCUT2D eigenvalue weighted by atomic mass is 9.82. The average molecular weight is 299 g/mol. The van der Waals surface area contributed by atoms with Crippen LogP contribution < -0.4 is 4.74 Å². The third-order valence-corrected chi connectivity index (χ3v) is 3.41. The Bertz CT molecular complexity index is 327. The van der Waals surface area contributed by atoms with Crippen molar-refractivity contribution in [1.82, 2.24) is 0 Å². The molecule has 2 heteroatoms. The van der Waals surface area contributed by atoms with Crippen molar-refractivity contribution in [2.45, 2.75) is 44.9 Å². The molecule has 0 heterocycles. The van der Waals surface area contributed by atoms with Gasteiger partial charge in [0, 0.05) is 4.83 Å². The van der Waals surface area contributed by atoms with E-state index in [9.17, 15) is 0 Å². The van der Waals surface area contributed by atoms with Gasteiger partial charge in [0.25, 0.3) is 0 Å². The SMILES string of the molecule is COc1ccc(CCC(C)(C)CC(C)Br)cc1. The molecule has 0 N–H and O–H groups in total. The van der Waals surface area contributed by atoms with E-state index in [-0.39, 0.29) is 0 Å². The molecule has 0 spiro atoms. The molecule has 1 unspecified atom stereocenters. The highest BCUT2D eigenvalue weighted by molar-refractivity contribution is 9.09. The van der Waals surface area contributed by atoms with E-state index >= 15 is 0 Å². The van der Waals surface area contributed by atoms with E-state index in [1.165, 1.54) is 18.4 Å². The zero-order valence-corrected chi connectivity index (χ0v) is 12.9. The molecule has 96 valence electrons. The Labute approximate surface area is 114 Å². The van der Waals surface area contributed by atoms with Gasteiger partial charge in [0.05, 0.1) is 7.11 Å². The summed E-state index contributed by atoms with van der Waals surface area (Å²) < 4.78 is 5.16.